The van der Waals surface area contributed by atoms with Crippen molar-refractivity contribution in [3.63, 3.8) is 0 Å². The molecule has 0 aromatic heterocycles. The van der Waals surface area contributed by atoms with Crippen molar-refractivity contribution >= 4 is 11.6 Å². The fourth-order valence-electron chi connectivity index (χ4n) is 2.12. The lowest BCUT2D eigenvalue weighted by atomic mass is 10.0. The Labute approximate surface area is 106 Å². The Morgan fingerprint density at radius 3 is 3.06 bits per heavy atom. The van der Waals surface area contributed by atoms with Crippen molar-refractivity contribution in [2.75, 3.05) is 13.2 Å². The van der Waals surface area contributed by atoms with Gasteiger partial charge in [0.1, 0.15) is 5.82 Å². The van der Waals surface area contributed by atoms with Gasteiger partial charge in [0, 0.05) is 30.3 Å². The third kappa shape index (κ3) is 3.41. The van der Waals surface area contributed by atoms with E-state index in [1.165, 1.54) is 6.07 Å². The third-order valence-corrected chi connectivity index (χ3v) is 3.36. The van der Waals surface area contributed by atoms with Crippen LogP contribution in [0.5, 0.6) is 0 Å². The van der Waals surface area contributed by atoms with E-state index in [1.54, 1.807) is 12.1 Å². The van der Waals surface area contributed by atoms with Crippen LogP contribution in [-0.4, -0.2) is 18.8 Å². The molecular weight excluding hydrogens is 241 g/mol. The molecule has 1 aromatic rings. The number of ether oxygens (including phenoxy) is 1. The van der Waals surface area contributed by atoms with Crippen LogP contribution >= 0.6 is 11.6 Å². The fraction of sp³-hybridized carbons (Fsp3) is 0.538. The van der Waals surface area contributed by atoms with Crippen LogP contribution in [0.25, 0.3) is 0 Å². The molecule has 94 valence electrons. The molecule has 1 aliphatic heterocycles. The second-order valence-corrected chi connectivity index (χ2v) is 5.18. The average Bonchev–Trinajstić information content (AvgIpc) is 2.71. The van der Waals surface area contributed by atoms with Crippen molar-refractivity contribution in [2.45, 2.75) is 31.9 Å². The molecular formula is C13H17ClFNO. The van der Waals surface area contributed by atoms with E-state index in [1.807, 2.05) is 0 Å². The van der Waals surface area contributed by atoms with E-state index in [0.29, 0.717) is 17.1 Å². The minimum Gasteiger partial charge on any atom is -0.374 e. The topological polar surface area (TPSA) is 21.3 Å². The summed E-state index contributed by atoms with van der Waals surface area (Å²) < 4.78 is 19.1. The van der Waals surface area contributed by atoms with Crippen molar-refractivity contribution in [3.8, 4) is 0 Å². The van der Waals surface area contributed by atoms with E-state index in [2.05, 4.69) is 12.2 Å². The lowest BCUT2D eigenvalue weighted by Gasteiger charge is -2.23. The minimum atomic E-state index is -0.223. The molecule has 4 heteroatoms. The molecule has 1 saturated heterocycles. The van der Waals surface area contributed by atoms with E-state index >= 15 is 0 Å². The van der Waals surface area contributed by atoms with E-state index in [-0.39, 0.29) is 11.4 Å². The van der Waals surface area contributed by atoms with Crippen LogP contribution in [0.3, 0.4) is 0 Å². The van der Waals surface area contributed by atoms with Gasteiger partial charge in [-0.15, -0.1) is 0 Å². The maximum Gasteiger partial charge on any atom is 0.127 e. The predicted molar refractivity (Wildman–Crippen MR) is 66.7 cm³/mol. The zero-order valence-electron chi connectivity index (χ0n) is 9.93. The summed E-state index contributed by atoms with van der Waals surface area (Å²) in [5.74, 6) is -0.223. The molecule has 1 N–H and O–H groups in total. The first-order chi connectivity index (χ1) is 8.09. The largest absolute Gasteiger partial charge is 0.374 e. The zero-order valence-corrected chi connectivity index (χ0v) is 10.7. The molecule has 1 aliphatic rings. The van der Waals surface area contributed by atoms with Crippen LogP contribution in [0.1, 0.15) is 25.3 Å². The normalized spacial score (nSPS) is 24.2. The van der Waals surface area contributed by atoms with Gasteiger partial charge in [-0.1, -0.05) is 11.6 Å². The summed E-state index contributed by atoms with van der Waals surface area (Å²) in [6.07, 6.45) is 2.15. The predicted octanol–water partition coefficient (Wildman–Crippen LogP) is 3.14. The molecule has 0 amide bonds. The van der Waals surface area contributed by atoms with Gasteiger partial charge in [0.2, 0.25) is 0 Å². The van der Waals surface area contributed by atoms with Gasteiger partial charge in [0.05, 0.1) is 5.60 Å². The van der Waals surface area contributed by atoms with Crippen LogP contribution in [0, 0.1) is 5.82 Å². The first kappa shape index (κ1) is 12.8. The van der Waals surface area contributed by atoms with Crippen LogP contribution in [-0.2, 0) is 11.3 Å². The molecule has 0 bridgehead atoms. The Morgan fingerprint density at radius 2 is 2.35 bits per heavy atom. The van der Waals surface area contributed by atoms with Crippen molar-refractivity contribution in [3.05, 3.63) is 34.6 Å². The van der Waals surface area contributed by atoms with E-state index < -0.39 is 0 Å². The number of halogens is 2. The molecule has 17 heavy (non-hydrogen) atoms. The van der Waals surface area contributed by atoms with Crippen LogP contribution < -0.4 is 5.32 Å². The summed E-state index contributed by atoms with van der Waals surface area (Å²) in [6, 6.07) is 4.61. The number of nitrogens with one attached hydrogen (secondary N) is 1. The quantitative estimate of drug-likeness (QED) is 0.895. The van der Waals surface area contributed by atoms with Gasteiger partial charge >= 0.3 is 0 Å². The van der Waals surface area contributed by atoms with Gasteiger partial charge in [0.15, 0.2) is 0 Å². The highest BCUT2D eigenvalue weighted by molar-refractivity contribution is 6.30. The number of hydrogen-bond donors (Lipinski definition) is 1. The van der Waals surface area contributed by atoms with E-state index in [9.17, 15) is 4.39 Å². The first-order valence-electron chi connectivity index (χ1n) is 5.88. The highest BCUT2D eigenvalue weighted by Crippen LogP contribution is 2.24. The summed E-state index contributed by atoms with van der Waals surface area (Å²) in [5.41, 5.74) is 0.494. The lowest BCUT2D eigenvalue weighted by Crippen LogP contribution is -2.36. The first-order valence-corrected chi connectivity index (χ1v) is 6.25. The fourth-order valence-corrected chi connectivity index (χ4v) is 2.31. The number of hydrogen-bond acceptors (Lipinski definition) is 2. The summed E-state index contributed by atoms with van der Waals surface area (Å²) in [4.78, 5) is 0. The van der Waals surface area contributed by atoms with E-state index in [4.69, 9.17) is 16.3 Å². The molecule has 1 atom stereocenters. The van der Waals surface area contributed by atoms with Crippen LogP contribution in [0.2, 0.25) is 5.02 Å². The second kappa shape index (κ2) is 5.34. The highest BCUT2D eigenvalue weighted by atomic mass is 35.5. The smallest absolute Gasteiger partial charge is 0.127 e. The molecule has 0 aliphatic carbocycles. The lowest BCUT2D eigenvalue weighted by molar-refractivity contribution is 0.0206. The molecule has 0 saturated carbocycles. The SMILES string of the molecule is CC1(CNCc2cc(Cl)ccc2F)CCCO1. The standard InChI is InChI=1S/C13H17ClFNO/c1-13(5-2-6-17-13)9-16-8-10-7-11(14)3-4-12(10)15/h3-4,7,16H,2,5-6,8-9H2,1H3. The Morgan fingerprint density at radius 1 is 1.53 bits per heavy atom. The number of benzene rings is 1. The van der Waals surface area contributed by atoms with Gasteiger partial charge in [-0.2, -0.15) is 0 Å². The van der Waals surface area contributed by atoms with Crippen molar-refractivity contribution in [2.24, 2.45) is 0 Å². The highest BCUT2D eigenvalue weighted by Gasteiger charge is 2.28. The Bertz CT molecular complexity index is 391. The molecule has 2 rings (SSSR count). The van der Waals surface area contributed by atoms with Gasteiger partial charge in [-0.25, -0.2) is 4.39 Å². The number of rotatable bonds is 4. The molecule has 1 heterocycles. The molecule has 0 spiro atoms. The summed E-state index contributed by atoms with van der Waals surface area (Å²) in [5, 5.41) is 3.79. The van der Waals surface area contributed by atoms with Gasteiger partial charge in [-0.05, 0) is 38.0 Å². The van der Waals surface area contributed by atoms with Gasteiger partial charge < -0.3 is 10.1 Å². The molecule has 1 fully saturated rings. The molecule has 1 unspecified atom stereocenters. The Hall–Kier alpha value is -0.640. The Kier molecular flexibility index (Phi) is 4.02. The van der Waals surface area contributed by atoms with Crippen molar-refractivity contribution in [1.82, 2.24) is 5.32 Å². The van der Waals surface area contributed by atoms with Gasteiger partial charge in [0.25, 0.3) is 0 Å². The molecule has 1 aromatic carbocycles. The van der Waals surface area contributed by atoms with Crippen LogP contribution in [0.15, 0.2) is 18.2 Å². The average molecular weight is 258 g/mol. The van der Waals surface area contributed by atoms with Crippen molar-refractivity contribution in [1.29, 1.82) is 0 Å². The van der Waals surface area contributed by atoms with Crippen LogP contribution in [0.4, 0.5) is 4.39 Å². The maximum absolute atomic E-state index is 13.4. The maximum atomic E-state index is 13.4. The van der Waals surface area contributed by atoms with Gasteiger partial charge in [-0.3, -0.25) is 0 Å². The monoisotopic (exact) mass is 257 g/mol. The van der Waals surface area contributed by atoms with E-state index in [0.717, 1.165) is 26.0 Å². The van der Waals surface area contributed by atoms with Crippen molar-refractivity contribution < 1.29 is 9.13 Å². The summed E-state index contributed by atoms with van der Waals surface area (Å²) >= 11 is 5.83. The summed E-state index contributed by atoms with van der Waals surface area (Å²) in [7, 11) is 0. The second-order valence-electron chi connectivity index (χ2n) is 4.74. The minimum absolute atomic E-state index is 0.102. The summed E-state index contributed by atoms with van der Waals surface area (Å²) in [6.45, 7) is 4.12. The third-order valence-electron chi connectivity index (χ3n) is 3.12. The Balaban J connectivity index is 1.87. The molecule has 2 nitrogen and oxygen atoms in total. The molecule has 0 radical (unpaired) electrons. The zero-order chi connectivity index (χ0) is 12.3.